The Kier molecular flexibility index (Phi) is 3.15. The maximum absolute atomic E-state index is 13.2. The summed E-state index contributed by atoms with van der Waals surface area (Å²) < 4.78 is 26.2. The number of benzene rings is 2. The van der Waals surface area contributed by atoms with E-state index in [4.69, 9.17) is 17.3 Å². The van der Waals surface area contributed by atoms with Crippen LogP contribution in [0.5, 0.6) is 0 Å². The molecule has 3 N–H and O–H groups in total. The van der Waals surface area contributed by atoms with Gasteiger partial charge in [-0.15, -0.1) is 0 Å². The first-order chi connectivity index (χ1) is 8.06. The van der Waals surface area contributed by atoms with E-state index in [1.807, 2.05) is 0 Å². The van der Waals surface area contributed by atoms with Gasteiger partial charge in [0.25, 0.3) is 0 Å². The Morgan fingerprint density at radius 3 is 2.59 bits per heavy atom. The Morgan fingerprint density at radius 1 is 1.12 bits per heavy atom. The van der Waals surface area contributed by atoms with Crippen LogP contribution in [0.3, 0.4) is 0 Å². The molecule has 0 saturated carbocycles. The van der Waals surface area contributed by atoms with Gasteiger partial charge in [-0.1, -0.05) is 17.7 Å². The highest BCUT2D eigenvalue weighted by molar-refractivity contribution is 6.31. The molecule has 2 rings (SSSR count). The molecule has 0 aliphatic rings. The predicted octanol–water partition coefficient (Wildman–Crippen LogP) is 3.94. The molecule has 0 atom stereocenters. The van der Waals surface area contributed by atoms with Crippen LogP contribution < -0.4 is 11.1 Å². The van der Waals surface area contributed by atoms with Crippen LogP contribution in [-0.4, -0.2) is 0 Å². The van der Waals surface area contributed by atoms with Crippen molar-refractivity contribution in [3.63, 3.8) is 0 Å². The van der Waals surface area contributed by atoms with Gasteiger partial charge in [-0.2, -0.15) is 0 Å². The fraction of sp³-hybridized carbons (Fsp3) is 0. The molecule has 0 aliphatic carbocycles. The molecule has 0 radical (unpaired) electrons. The zero-order chi connectivity index (χ0) is 12.4. The summed E-state index contributed by atoms with van der Waals surface area (Å²) in [5.41, 5.74) is 6.79. The summed E-state index contributed by atoms with van der Waals surface area (Å²) in [6, 6.07) is 8.26. The summed E-state index contributed by atoms with van der Waals surface area (Å²) in [6.07, 6.45) is 0. The van der Waals surface area contributed by atoms with Crippen molar-refractivity contribution in [1.82, 2.24) is 0 Å². The number of nitrogens with one attached hydrogen (secondary N) is 1. The number of nitrogen functional groups attached to an aromatic ring is 1. The smallest absolute Gasteiger partial charge is 0.144 e. The minimum atomic E-state index is -0.584. The maximum Gasteiger partial charge on any atom is 0.144 e. The summed E-state index contributed by atoms with van der Waals surface area (Å²) >= 11 is 5.57. The van der Waals surface area contributed by atoms with Crippen molar-refractivity contribution in [2.45, 2.75) is 0 Å². The number of halogens is 3. The predicted molar refractivity (Wildman–Crippen MR) is 65.5 cm³/mol. The molecule has 5 heteroatoms. The van der Waals surface area contributed by atoms with Gasteiger partial charge in [-0.25, -0.2) is 8.78 Å². The van der Waals surface area contributed by atoms with Crippen LogP contribution in [0, 0.1) is 11.6 Å². The third-order valence-electron chi connectivity index (χ3n) is 2.20. The lowest BCUT2D eigenvalue weighted by molar-refractivity contribution is 0.628. The largest absolute Gasteiger partial charge is 0.397 e. The highest BCUT2D eigenvalue weighted by atomic mass is 35.5. The Bertz CT molecular complexity index is 558. The summed E-state index contributed by atoms with van der Waals surface area (Å²) in [5.74, 6) is -0.970. The van der Waals surface area contributed by atoms with E-state index in [0.717, 1.165) is 0 Å². The quantitative estimate of drug-likeness (QED) is 0.797. The molecule has 2 aromatic carbocycles. The average Bonchev–Trinajstić information content (AvgIpc) is 2.26. The second kappa shape index (κ2) is 4.59. The van der Waals surface area contributed by atoms with E-state index in [1.54, 1.807) is 12.1 Å². The first-order valence-corrected chi connectivity index (χ1v) is 5.21. The molecule has 0 heterocycles. The van der Waals surface area contributed by atoms with E-state index in [9.17, 15) is 8.78 Å². The van der Waals surface area contributed by atoms with E-state index in [1.165, 1.54) is 24.3 Å². The van der Waals surface area contributed by atoms with Gasteiger partial charge in [0.2, 0.25) is 0 Å². The molecular formula is C12H9ClF2N2. The SMILES string of the molecule is Nc1cc(Cl)c(F)cc1Nc1cccc(F)c1. The van der Waals surface area contributed by atoms with Crippen molar-refractivity contribution >= 4 is 28.7 Å². The van der Waals surface area contributed by atoms with Gasteiger partial charge in [0.15, 0.2) is 0 Å². The second-order valence-electron chi connectivity index (χ2n) is 3.49. The minimum absolute atomic E-state index is 0.0488. The second-order valence-corrected chi connectivity index (χ2v) is 3.90. The van der Waals surface area contributed by atoms with Crippen LogP contribution in [0.1, 0.15) is 0 Å². The van der Waals surface area contributed by atoms with Gasteiger partial charge in [-0.05, 0) is 24.3 Å². The van der Waals surface area contributed by atoms with Crippen molar-refractivity contribution in [3.05, 3.63) is 53.1 Å². The van der Waals surface area contributed by atoms with E-state index >= 15 is 0 Å². The zero-order valence-corrected chi connectivity index (χ0v) is 9.43. The Balaban J connectivity index is 2.33. The van der Waals surface area contributed by atoms with Crippen molar-refractivity contribution in [3.8, 4) is 0 Å². The van der Waals surface area contributed by atoms with Gasteiger partial charge in [0.05, 0.1) is 16.4 Å². The van der Waals surface area contributed by atoms with Crippen molar-refractivity contribution < 1.29 is 8.78 Å². The molecule has 0 bridgehead atoms. The molecule has 2 nitrogen and oxygen atoms in total. The number of hydrogen-bond donors (Lipinski definition) is 2. The number of anilines is 3. The number of hydrogen-bond acceptors (Lipinski definition) is 2. The van der Waals surface area contributed by atoms with Crippen LogP contribution >= 0.6 is 11.6 Å². The molecule has 88 valence electrons. The zero-order valence-electron chi connectivity index (χ0n) is 8.68. The fourth-order valence-electron chi connectivity index (χ4n) is 1.39. The maximum atomic E-state index is 13.2. The van der Waals surface area contributed by atoms with Crippen LogP contribution in [0.25, 0.3) is 0 Å². The fourth-order valence-corrected chi connectivity index (χ4v) is 1.56. The number of nitrogens with two attached hydrogens (primary N) is 1. The van der Waals surface area contributed by atoms with Crippen LogP contribution in [-0.2, 0) is 0 Å². The van der Waals surface area contributed by atoms with E-state index in [-0.39, 0.29) is 10.8 Å². The molecule has 0 saturated heterocycles. The topological polar surface area (TPSA) is 38.0 Å². The molecule has 0 amide bonds. The molecule has 0 spiro atoms. The third kappa shape index (κ3) is 2.65. The summed E-state index contributed by atoms with van der Waals surface area (Å²) in [6.45, 7) is 0. The first-order valence-electron chi connectivity index (χ1n) is 4.83. The average molecular weight is 255 g/mol. The monoisotopic (exact) mass is 254 g/mol. The Morgan fingerprint density at radius 2 is 1.88 bits per heavy atom. The molecule has 0 fully saturated rings. The van der Waals surface area contributed by atoms with Gasteiger partial charge in [-0.3, -0.25) is 0 Å². The van der Waals surface area contributed by atoms with Crippen LogP contribution in [0.15, 0.2) is 36.4 Å². The highest BCUT2D eigenvalue weighted by Gasteiger charge is 2.06. The standard InChI is InChI=1S/C12H9ClF2N2/c13-9-5-11(16)12(6-10(9)15)17-8-3-1-2-7(14)4-8/h1-6,17H,16H2. The number of rotatable bonds is 2. The Labute approximate surface area is 102 Å². The summed E-state index contributed by atoms with van der Waals surface area (Å²) in [7, 11) is 0. The molecular weight excluding hydrogens is 246 g/mol. The van der Waals surface area contributed by atoms with E-state index in [0.29, 0.717) is 17.1 Å². The van der Waals surface area contributed by atoms with Gasteiger partial charge in [0.1, 0.15) is 11.6 Å². The molecule has 0 unspecified atom stereocenters. The lowest BCUT2D eigenvalue weighted by atomic mass is 10.2. The van der Waals surface area contributed by atoms with Gasteiger partial charge >= 0.3 is 0 Å². The lowest BCUT2D eigenvalue weighted by Gasteiger charge is -2.10. The normalized spacial score (nSPS) is 10.3. The third-order valence-corrected chi connectivity index (χ3v) is 2.49. The van der Waals surface area contributed by atoms with Crippen LogP contribution in [0.4, 0.5) is 25.8 Å². The van der Waals surface area contributed by atoms with Crippen molar-refractivity contribution in [2.75, 3.05) is 11.1 Å². The van der Waals surface area contributed by atoms with Crippen LogP contribution in [0.2, 0.25) is 5.02 Å². The highest BCUT2D eigenvalue weighted by Crippen LogP contribution is 2.28. The van der Waals surface area contributed by atoms with E-state index < -0.39 is 5.82 Å². The van der Waals surface area contributed by atoms with Crippen molar-refractivity contribution in [1.29, 1.82) is 0 Å². The summed E-state index contributed by atoms with van der Waals surface area (Å²) in [5, 5.41) is 2.77. The Hall–Kier alpha value is -1.81. The minimum Gasteiger partial charge on any atom is -0.397 e. The molecule has 0 aliphatic heterocycles. The molecule has 2 aromatic rings. The van der Waals surface area contributed by atoms with Gasteiger partial charge < -0.3 is 11.1 Å². The first kappa shape index (κ1) is 11.7. The van der Waals surface area contributed by atoms with Gasteiger partial charge in [0, 0.05) is 11.8 Å². The summed E-state index contributed by atoms with van der Waals surface area (Å²) in [4.78, 5) is 0. The molecule has 17 heavy (non-hydrogen) atoms. The van der Waals surface area contributed by atoms with Crippen molar-refractivity contribution in [2.24, 2.45) is 0 Å². The van der Waals surface area contributed by atoms with E-state index in [2.05, 4.69) is 5.32 Å². The lowest BCUT2D eigenvalue weighted by Crippen LogP contribution is -1.98. The molecule has 0 aromatic heterocycles.